The van der Waals surface area contributed by atoms with Gasteiger partial charge in [0.1, 0.15) is 0 Å². The Balaban J connectivity index is 1.69. The average Bonchev–Trinajstić information content (AvgIpc) is 2.86. The van der Waals surface area contributed by atoms with Gasteiger partial charge in [0.05, 0.1) is 29.3 Å². The Hall–Kier alpha value is -0.980. The largest absolute Gasteiger partial charge is 0.373 e. The molecule has 0 spiro atoms. The van der Waals surface area contributed by atoms with E-state index in [9.17, 15) is 4.79 Å². The molecule has 1 saturated heterocycles. The molecule has 1 aromatic heterocycles. The zero-order chi connectivity index (χ0) is 16.1. The minimum atomic E-state index is 0.0509. The van der Waals surface area contributed by atoms with Gasteiger partial charge in [-0.05, 0) is 13.8 Å². The number of hydrogen-bond donors (Lipinski definition) is 1. The predicted molar refractivity (Wildman–Crippen MR) is 89.4 cm³/mol. The molecule has 0 aliphatic carbocycles. The maximum Gasteiger partial charge on any atom is 0.226 e. The molecule has 2 unspecified atom stereocenters. The summed E-state index contributed by atoms with van der Waals surface area (Å²) in [6.07, 6.45) is 0.909. The first-order valence-electron chi connectivity index (χ1n) is 8.03. The number of nitrogens with zero attached hydrogens (tertiary/aromatic N) is 2. The van der Waals surface area contributed by atoms with Crippen molar-refractivity contribution >= 4 is 17.2 Å². The molecular weight excluding hydrogens is 298 g/mol. The van der Waals surface area contributed by atoms with Crippen molar-refractivity contribution < 1.29 is 9.53 Å². The molecule has 5 nitrogen and oxygen atoms in total. The highest BCUT2D eigenvalue weighted by Crippen LogP contribution is 2.19. The summed E-state index contributed by atoms with van der Waals surface area (Å²) in [6, 6.07) is 0. The average molecular weight is 325 g/mol. The molecule has 0 aromatic carbocycles. The molecule has 22 heavy (non-hydrogen) atoms. The lowest BCUT2D eigenvalue weighted by atomic mass is 10.2. The number of ether oxygens (including phenoxy) is 1. The van der Waals surface area contributed by atoms with E-state index in [4.69, 9.17) is 4.74 Å². The highest BCUT2D eigenvalue weighted by molar-refractivity contribution is 7.09. The molecule has 0 radical (unpaired) electrons. The lowest BCUT2D eigenvalue weighted by molar-refractivity contribution is -0.120. The van der Waals surface area contributed by atoms with Crippen LogP contribution < -0.4 is 5.32 Å². The van der Waals surface area contributed by atoms with E-state index in [-0.39, 0.29) is 18.1 Å². The third-order valence-electron chi connectivity index (χ3n) is 3.65. The van der Waals surface area contributed by atoms with Gasteiger partial charge >= 0.3 is 0 Å². The summed E-state index contributed by atoms with van der Waals surface area (Å²) in [6.45, 7) is 11.8. The van der Waals surface area contributed by atoms with E-state index in [1.807, 2.05) is 5.38 Å². The minimum Gasteiger partial charge on any atom is -0.373 e. The number of hydrogen-bond acceptors (Lipinski definition) is 5. The van der Waals surface area contributed by atoms with Crippen LogP contribution in [-0.4, -0.2) is 54.2 Å². The molecule has 124 valence electrons. The summed E-state index contributed by atoms with van der Waals surface area (Å²) in [5.41, 5.74) is 0.875. The summed E-state index contributed by atoms with van der Waals surface area (Å²) in [7, 11) is 0. The van der Waals surface area contributed by atoms with E-state index >= 15 is 0 Å². The van der Waals surface area contributed by atoms with Crippen molar-refractivity contribution in [1.29, 1.82) is 0 Å². The fourth-order valence-corrected chi connectivity index (χ4v) is 3.55. The lowest BCUT2D eigenvalue weighted by Crippen LogP contribution is -2.48. The second-order valence-electron chi connectivity index (χ2n) is 6.38. The van der Waals surface area contributed by atoms with Crippen LogP contribution in [-0.2, 0) is 16.0 Å². The maximum atomic E-state index is 12.0. The Labute approximate surface area is 137 Å². The van der Waals surface area contributed by atoms with Gasteiger partial charge in [-0.2, -0.15) is 0 Å². The first-order chi connectivity index (χ1) is 10.4. The monoisotopic (exact) mass is 325 g/mol. The molecular formula is C16H27N3O2S. The summed E-state index contributed by atoms with van der Waals surface area (Å²) < 4.78 is 5.71. The molecule has 1 N–H and O–H groups in total. The number of thiazole rings is 1. The molecule has 0 saturated carbocycles. The summed E-state index contributed by atoms with van der Waals surface area (Å²) in [5.74, 6) is 0.474. The van der Waals surface area contributed by atoms with Crippen LogP contribution >= 0.6 is 11.3 Å². The molecule has 1 aliphatic heterocycles. The topological polar surface area (TPSA) is 54.5 Å². The predicted octanol–water partition coefficient (Wildman–Crippen LogP) is 2.03. The Kier molecular flexibility index (Phi) is 6.35. The van der Waals surface area contributed by atoms with E-state index in [0.29, 0.717) is 18.9 Å². The van der Waals surface area contributed by atoms with Crippen LogP contribution in [0.2, 0.25) is 0 Å². The van der Waals surface area contributed by atoms with Crippen molar-refractivity contribution in [3.8, 4) is 0 Å². The normalized spacial score (nSPS) is 23.0. The number of aromatic nitrogens is 1. The molecule has 1 aromatic rings. The number of carbonyl (C=O) groups is 1. The van der Waals surface area contributed by atoms with E-state index in [1.54, 1.807) is 11.3 Å². The second kappa shape index (κ2) is 8.04. The van der Waals surface area contributed by atoms with E-state index in [0.717, 1.165) is 30.3 Å². The molecule has 0 bridgehead atoms. The van der Waals surface area contributed by atoms with Gasteiger partial charge in [-0.25, -0.2) is 4.98 Å². The molecule has 1 aliphatic rings. The second-order valence-corrected chi connectivity index (χ2v) is 7.27. The fraction of sp³-hybridized carbons (Fsp3) is 0.750. The van der Waals surface area contributed by atoms with Crippen molar-refractivity contribution in [1.82, 2.24) is 15.2 Å². The van der Waals surface area contributed by atoms with Crippen LogP contribution in [0, 0.1) is 0 Å². The van der Waals surface area contributed by atoms with Crippen LogP contribution in [0.15, 0.2) is 5.38 Å². The number of rotatable bonds is 6. The van der Waals surface area contributed by atoms with Crippen LogP contribution in [0.1, 0.15) is 44.3 Å². The number of carbonyl (C=O) groups excluding carboxylic acids is 1. The van der Waals surface area contributed by atoms with Crippen molar-refractivity contribution in [3.05, 3.63) is 16.1 Å². The van der Waals surface area contributed by atoms with Gasteiger partial charge in [-0.1, -0.05) is 13.8 Å². The fourth-order valence-electron chi connectivity index (χ4n) is 2.72. The van der Waals surface area contributed by atoms with Crippen LogP contribution in [0.25, 0.3) is 0 Å². The van der Waals surface area contributed by atoms with Gasteiger partial charge in [0, 0.05) is 37.5 Å². The smallest absolute Gasteiger partial charge is 0.226 e. The first-order valence-corrected chi connectivity index (χ1v) is 8.90. The third kappa shape index (κ3) is 5.34. The third-order valence-corrected chi connectivity index (χ3v) is 4.84. The Bertz CT molecular complexity index is 479. The highest BCUT2D eigenvalue weighted by atomic mass is 32.1. The van der Waals surface area contributed by atoms with Gasteiger partial charge < -0.3 is 10.1 Å². The van der Waals surface area contributed by atoms with Gasteiger partial charge in [0.15, 0.2) is 0 Å². The molecule has 2 rings (SSSR count). The Morgan fingerprint density at radius 3 is 2.73 bits per heavy atom. The SMILES string of the molecule is CC1CN(CCNC(=O)Cc2csc(C(C)C)n2)CC(C)O1. The van der Waals surface area contributed by atoms with Crippen LogP contribution in [0.3, 0.4) is 0 Å². The molecule has 2 heterocycles. The van der Waals surface area contributed by atoms with Crippen LogP contribution in [0.5, 0.6) is 0 Å². The minimum absolute atomic E-state index is 0.0509. The van der Waals surface area contributed by atoms with Crippen LogP contribution in [0.4, 0.5) is 0 Å². The first kappa shape index (κ1) is 17.4. The maximum absolute atomic E-state index is 12.0. The van der Waals surface area contributed by atoms with Crippen molar-refractivity contribution in [2.45, 2.75) is 52.2 Å². The molecule has 2 atom stereocenters. The Morgan fingerprint density at radius 2 is 2.14 bits per heavy atom. The van der Waals surface area contributed by atoms with E-state index in [2.05, 4.69) is 42.9 Å². The zero-order valence-electron chi connectivity index (χ0n) is 14.0. The standard InChI is InChI=1S/C16H27N3O2S/c1-11(2)16-18-14(10-22-16)7-15(20)17-5-6-19-8-12(3)21-13(4)9-19/h10-13H,5-9H2,1-4H3,(H,17,20). The van der Waals surface area contributed by atoms with E-state index in [1.165, 1.54) is 0 Å². The Morgan fingerprint density at radius 1 is 1.45 bits per heavy atom. The van der Waals surface area contributed by atoms with Gasteiger partial charge in [0.25, 0.3) is 0 Å². The molecule has 1 amide bonds. The number of amides is 1. The van der Waals surface area contributed by atoms with Gasteiger partial charge in [-0.15, -0.1) is 11.3 Å². The zero-order valence-corrected chi connectivity index (χ0v) is 14.8. The van der Waals surface area contributed by atoms with Gasteiger partial charge in [0.2, 0.25) is 5.91 Å². The van der Waals surface area contributed by atoms with Crippen molar-refractivity contribution in [3.63, 3.8) is 0 Å². The number of nitrogens with one attached hydrogen (secondary N) is 1. The molecule has 6 heteroatoms. The highest BCUT2D eigenvalue weighted by Gasteiger charge is 2.21. The summed E-state index contributed by atoms with van der Waals surface area (Å²) in [5, 5.41) is 6.07. The quantitative estimate of drug-likeness (QED) is 0.869. The van der Waals surface area contributed by atoms with Gasteiger partial charge in [-0.3, -0.25) is 9.69 Å². The van der Waals surface area contributed by atoms with E-state index < -0.39 is 0 Å². The van der Waals surface area contributed by atoms with Crippen molar-refractivity contribution in [2.75, 3.05) is 26.2 Å². The summed E-state index contributed by atoms with van der Waals surface area (Å²) in [4.78, 5) is 18.8. The van der Waals surface area contributed by atoms with Crippen molar-refractivity contribution in [2.24, 2.45) is 0 Å². The summed E-state index contributed by atoms with van der Waals surface area (Å²) >= 11 is 1.63. The number of morpholine rings is 1. The molecule has 1 fully saturated rings. The lowest BCUT2D eigenvalue weighted by Gasteiger charge is -2.35.